The molecular formula is C20H21N3O3. The predicted molar refractivity (Wildman–Crippen MR) is 96.7 cm³/mol. The van der Waals surface area contributed by atoms with E-state index < -0.39 is 0 Å². The molecule has 1 aromatic carbocycles. The minimum Gasteiger partial charge on any atom is -0.441 e. The molecular weight excluding hydrogens is 330 g/mol. The van der Waals surface area contributed by atoms with E-state index in [-0.39, 0.29) is 24.0 Å². The number of aliphatic hydroxyl groups excluding tert-OH is 1. The van der Waals surface area contributed by atoms with Gasteiger partial charge in [0.15, 0.2) is 11.5 Å². The van der Waals surface area contributed by atoms with E-state index >= 15 is 0 Å². The van der Waals surface area contributed by atoms with Crippen LogP contribution < -0.4 is 5.32 Å². The van der Waals surface area contributed by atoms with Gasteiger partial charge in [-0.05, 0) is 49.1 Å². The molecule has 2 aromatic heterocycles. The van der Waals surface area contributed by atoms with Crippen molar-refractivity contribution in [2.75, 3.05) is 0 Å². The number of aromatic nitrogens is 2. The molecule has 2 heterocycles. The number of carbonyl (C=O) groups is 1. The Labute approximate surface area is 151 Å². The molecule has 1 fully saturated rings. The second kappa shape index (κ2) is 6.88. The van der Waals surface area contributed by atoms with Crippen LogP contribution in [0.15, 0.2) is 47.0 Å². The summed E-state index contributed by atoms with van der Waals surface area (Å²) in [5.74, 6) is 0.685. The maximum absolute atomic E-state index is 12.8. The molecule has 0 spiro atoms. The number of pyridine rings is 1. The molecule has 1 aliphatic rings. The number of hydrogen-bond acceptors (Lipinski definition) is 5. The van der Waals surface area contributed by atoms with Crippen LogP contribution in [0.2, 0.25) is 0 Å². The fourth-order valence-corrected chi connectivity index (χ4v) is 3.47. The number of oxazole rings is 1. The Morgan fingerprint density at radius 2 is 2.19 bits per heavy atom. The molecule has 26 heavy (non-hydrogen) atoms. The Morgan fingerprint density at radius 3 is 2.92 bits per heavy atom. The quantitative estimate of drug-likeness (QED) is 0.738. The van der Waals surface area contributed by atoms with E-state index in [0.29, 0.717) is 36.3 Å². The van der Waals surface area contributed by atoms with Crippen LogP contribution in [-0.4, -0.2) is 33.1 Å². The molecule has 6 heteroatoms. The number of carbonyl (C=O) groups excluding carboxylic acids is 1. The minimum absolute atomic E-state index is 0.0621. The van der Waals surface area contributed by atoms with Crippen LogP contribution in [-0.2, 0) is 6.42 Å². The van der Waals surface area contributed by atoms with Gasteiger partial charge >= 0.3 is 0 Å². The lowest BCUT2D eigenvalue weighted by molar-refractivity contribution is 0.0238. The van der Waals surface area contributed by atoms with Gasteiger partial charge in [-0.2, -0.15) is 0 Å². The Kier molecular flexibility index (Phi) is 4.42. The first kappa shape index (κ1) is 16.7. The Balaban J connectivity index is 1.52. The monoisotopic (exact) mass is 351 g/mol. The second-order valence-corrected chi connectivity index (χ2v) is 6.91. The van der Waals surface area contributed by atoms with E-state index in [2.05, 4.69) is 15.3 Å². The Morgan fingerprint density at radius 1 is 1.35 bits per heavy atom. The van der Waals surface area contributed by atoms with Crippen LogP contribution in [0.1, 0.15) is 34.8 Å². The fraction of sp³-hybridized carbons (Fsp3) is 0.350. The van der Waals surface area contributed by atoms with E-state index in [1.807, 2.05) is 18.2 Å². The smallest absolute Gasteiger partial charge is 0.251 e. The maximum Gasteiger partial charge on any atom is 0.251 e. The number of rotatable bonds is 5. The van der Waals surface area contributed by atoms with Crippen LogP contribution in [0.25, 0.3) is 11.1 Å². The summed E-state index contributed by atoms with van der Waals surface area (Å²) in [6.07, 6.45) is 3.55. The highest BCUT2D eigenvalue weighted by molar-refractivity contribution is 5.97. The van der Waals surface area contributed by atoms with E-state index in [9.17, 15) is 9.90 Å². The zero-order valence-electron chi connectivity index (χ0n) is 14.6. The van der Waals surface area contributed by atoms with Crippen LogP contribution in [0.4, 0.5) is 0 Å². The van der Waals surface area contributed by atoms with Gasteiger partial charge in [-0.3, -0.25) is 9.78 Å². The number of hydrogen-bond donors (Lipinski definition) is 2. The van der Waals surface area contributed by atoms with Crippen molar-refractivity contribution in [1.82, 2.24) is 15.3 Å². The molecule has 6 nitrogen and oxygen atoms in total. The predicted octanol–water partition coefficient (Wildman–Crippen LogP) is 2.64. The van der Waals surface area contributed by atoms with E-state index in [0.717, 1.165) is 11.2 Å². The first-order valence-electron chi connectivity index (χ1n) is 8.84. The Hall–Kier alpha value is -2.73. The topological polar surface area (TPSA) is 88.2 Å². The average molecular weight is 351 g/mol. The Bertz CT molecular complexity index is 916. The van der Waals surface area contributed by atoms with Crippen molar-refractivity contribution in [3.05, 3.63) is 59.7 Å². The first-order valence-corrected chi connectivity index (χ1v) is 8.84. The lowest BCUT2D eigenvalue weighted by Crippen LogP contribution is -2.48. The molecule has 134 valence electrons. The first-order chi connectivity index (χ1) is 12.6. The summed E-state index contributed by atoms with van der Waals surface area (Å²) < 4.78 is 5.52. The third-order valence-electron chi connectivity index (χ3n) is 4.95. The van der Waals surface area contributed by atoms with Crippen LogP contribution in [0.5, 0.6) is 0 Å². The minimum atomic E-state index is -0.267. The molecule has 2 N–H and O–H groups in total. The van der Waals surface area contributed by atoms with Gasteiger partial charge in [0.25, 0.3) is 5.91 Å². The van der Waals surface area contributed by atoms with Crippen molar-refractivity contribution in [2.24, 2.45) is 5.92 Å². The SMILES string of the molecule is Cc1nc2ccc(C(=O)NC(Cc3ccccn3)C3CC(O)C3)cc2o1. The van der Waals surface area contributed by atoms with E-state index in [4.69, 9.17) is 4.42 Å². The number of benzene rings is 1. The van der Waals surface area contributed by atoms with Gasteiger partial charge in [0.1, 0.15) is 5.52 Å². The van der Waals surface area contributed by atoms with Gasteiger partial charge in [0.05, 0.1) is 6.10 Å². The summed E-state index contributed by atoms with van der Waals surface area (Å²) in [7, 11) is 0. The van der Waals surface area contributed by atoms with Gasteiger partial charge in [-0.25, -0.2) is 4.98 Å². The summed E-state index contributed by atoms with van der Waals surface area (Å²) in [5.41, 5.74) is 2.82. The van der Waals surface area contributed by atoms with Crippen molar-refractivity contribution >= 4 is 17.0 Å². The summed E-state index contributed by atoms with van der Waals surface area (Å²) in [4.78, 5) is 21.4. The lowest BCUT2D eigenvalue weighted by Gasteiger charge is -2.38. The third kappa shape index (κ3) is 3.46. The number of amides is 1. The molecule has 1 aliphatic carbocycles. The average Bonchev–Trinajstić information content (AvgIpc) is 2.98. The summed E-state index contributed by atoms with van der Waals surface area (Å²) in [6, 6.07) is 11.0. The summed E-state index contributed by atoms with van der Waals surface area (Å²) in [5, 5.41) is 12.8. The molecule has 0 aliphatic heterocycles. The van der Waals surface area contributed by atoms with Crippen molar-refractivity contribution in [3.8, 4) is 0 Å². The largest absolute Gasteiger partial charge is 0.441 e. The third-order valence-corrected chi connectivity index (χ3v) is 4.95. The van der Waals surface area contributed by atoms with Crippen molar-refractivity contribution in [2.45, 2.75) is 38.3 Å². The van der Waals surface area contributed by atoms with E-state index in [1.54, 1.807) is 31.3 Å². The maximum atomic E-state index is 12.8. The van der Waals surface area contributed by atoms with Crippen LogP contribution in [0, 0.1) is 12.8 Å². The normalized spacial score (nSPS) is 20.5. The summed E-state index contributed by atoms with van der Waals surface area (Å²) >= 11 is 0. The van der Waals surface area contributed by atoms with Crippen molar-refractivity contribution in [3.63, 3.8) is 0 Å². The van der Waals surface area contributed by atoms with Gasteiger partial charge in [0, 0.05) is 36.8 Å². The zero-order chi connectivity index (χ0) is 18.1. The number of fused-ring (bicyclic) bond motifs is 1. The second-order valence-electron chi connectivity index (χ2n) is 6.91. The van der Waals surface area contributed by atoms with Crippen molar-refractivity contribution in [1.29, 1.82) is 0 Å². The summed E-state index contributed by atoms with van der Waals surface area (Å²) in [6.45, 7) is 1.78. The molecule has 4 rings (SSSR count). The van der Waals surface area contributed by atoms with Gasteiger partial charge in [-0.1, -0.05) is 6.07 Å². The standard InChI is InChI=1S/C20H21N3O3/c1-12-22-17-6-5-13(10-19(17)26-12)20(25)23-18(14-8-16(24)9-14)11-15-4-2-3-7-21-15/h2-7,10,14,16,18,24H,8-9,11H2,1H3,(H,23,25). The van der Waals surface area contributed by atoms with Crippen LogP contribution in [0.3, 0.4) is 0 Å². The highest BCUT2D eigenvalue weighted by Crippen LogP contribution is 2.31. The van der Waals surface area contributed by atoms with Crippen molar-refractivity contribution < 1.29 is 14.3 Å². The zero-order valence-corrected chi connectivity index (χ0v) is 14.6. The van der Waals surface area contributed by atoms with E-state index in [1.165, 1.54) is 0 Å². The fourth-order valence-electron chi connectivity index (χ4n) is 3.47. The molecule has 3 aromatic rings. The highest BCUT2D eigenvalue weighted by Gasteiger charge is 2.35. The number of nitrogens with one attached hydrogen (secondary N) is 1. The number of aliphatic hydroxyl groups is 1. The number of aryl methyl sites for hydroxylation is 1. The molecule has 1 saturated carbocycles. The van der Waals surface area contributed by atoms with Gasteiger partial charge in [0.2, 0.25) is 0 Å². The molecule has 0 radical (unpaired) electrons. The highest BCUT2D eigenvalue weighted by atomic mass is 16.3. The van der Waals surface area contributed by atoms with Gasteiger partial charge in [-0.15, -0.1) is 0 Å². The molecule has 0 saturated heterocycles. The number of nitrogens with zero attached hydrogens (tertiary/aromatic N) is 2. The molecule has 1 amide bonds. The lowest BCUT2D eigenvalue weighted by atomic mass is 9.76. The van der Waals surface area contributed by atoms with Gasteiger partial charge < -0.3 is 14.8 Å². The molecule has 0 bridgehead atoms. The molecule has 1 unspecified atom stereocenters. The van der Waals surface area contributed by atoms with Crippen LogP contribution >= 0.6 is 0 Å². The molecule has 1 atom stereocenters.